The summed E-state index contributed by atoms with van der Waals surface area (Å²) in [6, 6.07) is -1.24. The number of amides is 2. The van der Waals surface area contributed by atoms with Crippen LogP contribution in [-0.4, -0.2) is 95.1 Å². The highest BCUT2D eigenvalue weighted by Gasteiger charge is 2.60. The molecule has 15 heteroatoms. The molecule has 8 N–H and O–H groups in total. The first kappa shape index (κ1) is 23.3. The zero-order valence-electron chi connectivity index (χ0n) is 16.6. The Morgan fingerprint density at radius 3 is 2.58 bits per heavy atom. The summed E-state index contributed by atoms with van der Waals surface area (Å²) < 4.78 is 7.59. The summed E-state index contributed by atoms with van der Waals surface area (Å²) in [5, 5.41) is 39.8. The van der Waals surface area contributed by atoms with Crippen LogP contribution in [0.3, 0.4) is 0 Å². The lowest BCUT2D eigenvalue weighted by Crippen LogP contribution is -2.54. The fraction of sp³-hybridized carbons (Fsp3) is 0.562. The van der Waals surface area contributed by atoms with Crippen LogP contribution in [0.2, 0.25) is 0 Å². The van der Waals surface area contributed by atoms with Crippen LogP contribution in [0.15, 0.2) is 12.7 Å². The number of ether oxygens (including phenoxy) is 1. The molecule has 1 saturated heterocycles. The molecule has 1 fully saturated rings. The van der Waals surface area contributed by atoms with Gasteiger partial charge in [0.25, 0.3) is 17.5 Å². The van der Waals surface area contributed by atoms with Crippen LogP contribution < -0.4 is 15.8 Å². The molecule has 14 nitrogen and oxygen atoms in total. The third-order valence-electron chi connectivity index (χ3n) is 5.02. The van der Waals surface area contributed by atoms with Gasteiger partial charge in [0, 0.05) is 6.26 Å². The smallest absolute Gasteiger partial charge is 0.274 e. The van der Waals surface area contributed by atoms with Gasteiger partial charge in [-0.25, -0.2) is 19.3 Å². The molecule has 0 aliphatic carbocycles. The van der Waals surface area contributed by atoms with E-state index in [0.29, 0.717) is 0 Å². The van der Waals surface area contributed by atoms with Crippen molar-refractivity contribution in [2.45, 2.75) is 43.1 Å². The van der Waals surface area contributed by atoms with Gasteiger partial charge in [-0.1, -0.05) is 0 Å². The Kier molecular flexibility index (Phi) is 6.47. The maximum absolute atomic E-state index is 12.7. The summed E-state index contributed by atoms with van der Waals surface area (Å²) in [4.78, 5) is 37.3. The van der Waals surface area contributed by atoms with Gasteiger partial charge < -0.3 is 36.6 Å². The molecule has 3 rings (SSSR count). The Hall–Kier alpha value is -2.40. The molecule has 0 saturated carbocycles. The standard InChI is InChI=1S/C16H23N7O7S/c1-6(25)8(17)14(28)23(31-2)13-9-12(19-4-20-13)22(5-21-9)16(15(18)29)11(27)10(26)7(3-24)30-16/h4-8,10-11,24-27H,3,17H2,1-2H3,(H2,18,29)/t6-,7-,8+,10-,11-,16+/m1/s1. The molecule has 1 aliphatic heterocycles. The number of nitrogens with zero attached hydrogens (tertiary/aromatic N) is 5. The van der Waals surface area contributed by atoms with Gasteiger partial charge in [0.2, 0.25) is 0 Å². The van der Waals surface area contributed by atoms with Gasteiger partial charge >= 0.3 is 0 Å². The molecule has 2 amide bonds. The number of primary amides is 1. The van der Waals surface area contributed by atoms with Crippen LogP contribution in [-0.2, 0) is 20.1 Å². The number of imidazole rings is 1. The Labute approximate surface area is 180 Å². The van der Waals surface area contributed by atoms with Crippen LogP contribution in [0.1, 0.15) is 6.92 Å². The molecule has 0 spiro atoms. The van der Waals surface area contributed by atoms with Gasteiger partial charge in [-0.3, -0.25) is 14.2 Å². The third kappa shape index (κ3) is 3.53. The number of rotatable bonds is 7. The number of aliphatic hydroxyl groups excluding tert-OH is 4. The zero-order chi connectivity index (χ0) is 23.1. The average Bonchev–Trinajstić information content (AvgIpc) is 3.28. The predicted molar refractivity (Wildman–Crippen MR) is 107 cm³/mol. The number of carbonyl (C=O) groups is 2. The van der Waals surface area contributed by atoms with E-state index in [1.807, 2.05) is 0 Å². The number of nitrogens with two attached hydrogens (primary N) is 2. The van der Waals surface area contributed by atoms with Crippen LogP contribution in [0.25, 0.3) is 11.2 Å². The maximum atomic E-state index is 12.7. The van der Waals surface area contributed by atoms with Crippen molar-refractivity contribution in [1.29, 1.82) is 0 Å². The first-order valence-electron chi connectivity index (χ1n) is 9.06. The second kappa shape index (κ2) is 8.62. The highest BCUT2D eigenvalue weighted by Crippen LogP contribution is 2.38. The number of aromatic nitrogens is 4. The molecule has 0 aromatic carbocycles. The lowest BCUT2D eigenvalue weighted by Gasteiger charge is -2.30. The average molecular weight is 457 g/mol. The van der Waals surface area contributed by atoms with E-state index < -0.39 is 54.6 Å². The van der Waals surface area contributed by atoms with Crippen molar-refractivity contribution in [3.05, 3.63) is 12.7 Å². The monoisotopic (exact) mass is 457 g/mol. The van der Waals surface area contributed by atoms with Crippen LogP contribution in [0.4, 0.5) is 5.82 Å². The van der Waals surface area contributed by atoms with E-state index in [0.717, 1.165) is 33.5 Å². The maximum Gasteiger partial charge on any atom is 0.274 e. The molecule has 31 heavy (non-hydrogen) atoms. The molecule has 6 atom stereocenters. The van der Waals surface area contributed by atoms with Crippen molar-refractivity contribution in [3.63, 3.8) is 0 Å². The lowest BCUT2D eigenvalue weighted by atomic mass is 10.0. The van der Waals surface area contributed by atoms with E-state index in [1.165, 1.54) is 6.92 Å². The molecule has 170 valence electrons. The molecular formula is C16H23N7O7S. The van der Waals surface area contributed by atoms with E-state index in [9.17, 15) is 30.0 Å². The van der Waals surface area contributed by atoms with Gasteiger partial charge in [-0.2, -0.15) is 0 Å². The molecule has 0 bridgehead atoms. The minimum atomic E-state index is -2.32. The Morgan fingerprint density at radius 1 is 1.39 bits per heavy atom. The predicted octanol–water partition coefficient (Wildman–Crippen LogP) is -3.60. The summed E-state index contributed by atoms with van der Waals surface area (Å²) in [6.45, 7) is 0.676. The summed E-state index contributed by atoms with van der Waals surface area (Å²) in [7, 11) is 0. The summed E-state index contributed by atoms with van der Waals surface area (Å²) in [5.74, 6) is -1.82. The number of hydrogen-bond donors (Lipinski definition) is 6. The first-order chi connectivity index (χ1) is 14.6. The van der Waals surface area contributed by atoms with Gasteiger partial charge in [0.05, 0.1) is 12.7 Å². The first-order valence-corrected chi connectivity index (χ1v) is 10.2. The highest BCUT2D eigenvalue weighted by molar-refractivity contribution is 8.00. The minimum absolute atomic E-state index is 0.00344. The number of carbonyl (C=O) groups excluding carboxylic acids is 2. The van der Waals surface area contributed by atoms with E-state index in [1.54, 1.807) is 6.26 Å². The number of aliphatic hydroxyl groups is 4. The summed E-state index contributed by atoms with van der Waals surface area (Å²) in [6.07, 6.45) is -2.15. The fourth-order valence-corrected chi connectivity index (χ4v) is 3.92. The molecular weight excluding hydrogens is 434 g/mol. The molecule has 1 aliphatic rings. The largest absolute Gasteiger partial charge is 0.394 e. The number of hydrogen-bond acceptors (Lipinski definition) is 12. The van der Waals surface area contributed by atoms with Gasteiger partial charge in [-0.15, -0.1) is 0 Å². The van der Waals surface area contributed by atoms with E-state index >= 15 is 0 Å². The van der Waals surface area contributed by atoms with Crippen LogP contribution >= 0.6 is 11.9 Å². The normalized spacial score (nSPS) is 27.9. The third-order valence-corrected chi connectivity index (χ3v) is 5.74. The SMILES string of the molecule is CSN(C(=O)[C@@H](N)[C@@H](C)O)c1ncnc2c1ncn2[C@]1(C(N)=O)O[C@H](CO)[C@@H](O)[C@H]1O. The molecule has 0 unspecified atom stereocenters. The molecule has 2 aromatic rings. The van der Waals surface area contributed by atoms with Gasteiger partial charge in [0.15, 0.2) is 17.0 Å². The molecule has 2 aromatic heterocycles. The zero-order valence-corrected chi connectivity index (χ0v) is 17.4. The quantitative estimate of drug-likeness (QED) is 0.222. The molecule has 3 heterocycles. The van der Waals surface area contributed by atoms with Crippen molar-refractivity contribution >= 4 is 40.7 Å². The fourth-order valence-electron chi connectivity index (χ4n) is 3.31. The van der Waals surface area contributed by atoms with Gasteiger partial charge in [-0.05, 0) is 18.9 Å². The van der Waals surface area contributed by atoms with E-state index in [4.69, 9.17) is 16.2 Å². The van der Waals surface area contributed by atoms with Crippen LogP contribution in [0.5, 0.6) is 0 Å². The summed E-state index contributed by atoms with van der Waals surface area (Å²) in [5.41, 5.74) is 8.92. The Morgan fingerprint density at radius 2 is 2.06 bits per heavy atom. The van der Waals surface area contributed by atoms with Crippen molar-refractivity contribution in [1.82, 2.24) is 19.5 Å². The van der Waals surface area contributed by atoms with Crippen molar-refractivity contribution in [2.75, 3.05) is 17.2 Å². The van der Waals surface area contributed by atoms with E-state index in [2.05, 4.69) is 15.0 Å². The number of fused-ring (bicyclic) bond motifs is 1. The van der Waals surface area contributed by atoms with Crippen LogP contribution in [0, 0.1) is 0 Å². The summed E-state index contributed by atoms with van der Waals surface area (Å²) >= 11 is 0.951. The molecule has 0 radical (unpaired) electrons. The van der Waals surface area contributed by atoms with Crippen molar-refractivity contribution < 1.29 is 34.8 Å². The second-order valence-corrected chi connectivity index (χ2v) is 7.63. The van der Waals surface area contributed by atoms with Crippen molar-refractivity contribution in [3.8, 4) is 0 Å². The Bertz CT molecular complexity index is 988. The van der Waals surface area contributed by atoms with Crippen molar-refractivity contribution in [2.24, 2.45) is 11.5 Å². The lowest BCUT2D eigenvalue weighted by molar-refractivity contribution is -0.172. The number of anilines is 1. The van der Waals surface area contributed by atoms with Gasteiger partial charge in [0.1, 0.15) is 37.0 Å². The minimum Gasteiger partial charge on any atom is -0.394 e. The van der Waals surface area contributed by atoms with E-state index in [-0.39, 0.29) is 17.0 Å². The highest BCUT2D eigenvalue weighted by atomic mass is 32.2. The topological polar surface area (TPSA) is 223 Å². The Balaban J connectivity index is 2.16. The second-order valence-electron chi connectivity index (χ2n) is 6.90.